The maximum absolute atomic E-state index is 12.1. The van der Waals surface area contributed by atoms with E-state index in [2.05, 4.69) is 4.42 Å². The second-order valence-electron chi connectivity index (χ2n) is 2.34. The molecule has 3 nitrogen and oxygen atoms in total. The zero-order valence-corrected chi connectivity index (χ0v) is 6.30. The number of hydrogen-bond acceptors (Lipinski definition) is 3. The van der Waals surface area contributed by atoms with Crippen molar-refractivity contribution >= 4 is 0 Å². The Morgan fingerprint density at radius 2 is 2.15 bits per heavy atom. The zero-order valence-electron chi connectivity index (χ0n) is 6.30. The van der Waals surface area contributed by atoms with E-state index in [1.165, 1.54) is 6.07 Å². The Labute approximate surface area is 71.5 Å². The normalized spacial score (nSPS) is 13.8. The Morgan fingerprint density at radius 1 is 1.54 bits per heavy atom. The van der Waals surface area contributed by atoms with E-state index in [4.69, 9.17) is 11.0 Å². The Bertz CT molecular complexity index is 336. The standard InChI is InChI=1S/C7H5F3N2O/c8-7(9,10)6(12)4-1-2-13-5(4)3-11/h1-2,6H,12H2. The van der Waals surface area contributed by atoms with Gasteiger partial charge in [-0.25, -0.2) is 0 Å². The molecule has 0 aliphatic heterocycles. The fraction of sp³-hybridized carbons (Fsp3) is 0.286. The van der Waals surface area contributed by atoms with E-state index in [1.54, 1.807) is 0 Å². The van der Waals surface area contributed by atoms with Crippen molar-refractivity contribution in [3.8, 4) is 6.07 Å². The van der Waals surface area contributed by atoms with Crippen molar-refractivity contribution in [2.45, 2.75) is 12.2 Å². The molecule has 1 aromatic heterocycles. The highest BCUT2D eigenvalue weighted by atomic mass is 19.4. The molecule has 0 radical (unpaired) electrons. The topological polar surface area (TPSA) is 63.0 Å². The van der Waals surface area contributed by atoms with E-state index < -0.39 is 18.0 Å². The molecule has 2 N–H and O–H groups in total. The van der Waals surface area contributed by atoms with Gasteiger partial charge < -0.3 is 10.2 Å². The Morgan fingerprint density at radius 3 is 2.62 bits per heavy atom. The van der Waals surface area contributed by atoms with Crippen molar-refractivity contribution in [1.29, 1.82) is 5.26 Å². The number of nitrogens with two attached hydrogens (primary N) is 1. The fourth-order valence-corrected chi connectivity index (χ4v) is 0.831. The van der Waals surface area contributed by atoms with E-state index in [-0.39, 0.29) is 5.56 Å². The van der Waals surface area contributed by atoms with Crippen LogP contribution < -0.4 is 5.73 Å². The number of rotatable bonds is 1. The molecule has 1 aromatic rings. The van der Waals surface area contributed by atoms with Crippen LogP contribution >= 0.6 is 0 Å². The summed E-state index contributed by atoms with van der Waals surface area (Å²) in [6, 6.07) is 0.354. The van der Waals surface area contributed by atoms with Crippen LogP contribution in [0.15, 0.2) is 16.7 Å². The molecule has 0 aliphatic carbocycles. The minimum absolute atomic E-state index is 0.338. The minimum Gasteiger partial charge on any atom is -0.454 e. The summed E-state index contributed by atoms with van der Waals surface area (Å²) in [5, 5.41) is 8.36. The molecule has 0 saturated heterocycles. The average molecular weight is 190 g/mol. The van der Waals surface area contributed by atoms with Gasteiger partial charge >= 0.3 is 6.18 Å². The minimum atomic E-state index is -4.56. The smallest absolute Gasteiger partial charge is 0.407 e. The van der Waals surface area contributed by atoms with Crippen molar-refractivity contribution in [3.05, 3.63) is 23.7 Å². The van der Waals surface area contributed by atoms with Gasteiger partial charge in [-0.3, -0.25) is 0 Å². The summed E-state index contributed by atoms with van der Waals surface area (Å²) in [5.74, 6) is -0.398. The van der Waals surface area contributed by atoms with Crippen LogP contribution in [0.3, 0.4) is 0 Å². The van der Waals surface area contributed by atoms with Gasteiger partial charge in [0.1, 0.15) is 12.1 Å². The molecule has 0 aliphatic rings. The third kappa shape index (κ3) is 1.81. The number of nitrogens with zero attached hydrogens (tertiary/aromatic N) is 1. The van der Waals surface area contributed by atoms with Gasteiger partial charge in [0.15, 0.2) is 0 Å². The molecule has 0 aromatic carbocycles. The van der Waals surface area contributed by atoms with Crippen LogP contribution in [0.1, 0.15) is 17.4 Å². The number of halogens is 3. The Kier molecular flexibility index (Phi) is 2.30. The quantitative estimate of drug-likeness (QED) is 0.733. The van der Waals surface area contributed by atoms with Crippen molar-refractivity contribution in [3.63, 3.8) is 0 Å². The van der Waals surface area contributed by atoms with Crippen molar-refractivity contribution in [2.75, 3.05) is 0 Å². The molecule has 0 fully saturated rings. The van der Waals surface area contributed by atoms with Gasteiger partial charge in [-0.2, -0.15) is 18.4 Å². The lowest BCUT2D eigenvalue weighted by Gasteiger charge is -2.13. The average Bonchev–Trinajstić information content (AvgIpc) is 2.48. The van der Waals surface area contributed by atoms with Gasteiger partial charge in [0.05, 0.1) is 6.26 Å². The van der Waals surface area contributed by atoms with Gasteiger partial charge in [0.2, 0.25) is 5.76 Å². The molecule has 0 saturated carbocycles. The number of hydrogen-bond donors (Lipinski definition) is 1. The molecular formula is C7H5F3N2O. The van der Waals surface area contributed by atoms with Crippen LogP contribution in [0.5, 0.6) is 0 Å². The van der Waals surface area contributed by atoms with Crippen molar-refractivity contribution in [2.24, 2.45) is 5.73 Å². The zero-order chi connectivity index (χ0) is 10.1. The predicted octanol–water partition coefficient (Wildman–Crippen LogP) is 1.71. The number of furan rings is 1. The Hall–Kier alpha value is -1.48. The second kappa shape index (κ2) is 3.11. The summed E-state index contributed by atoms with van der Waals surface area (Å²) in [7, 11) is 0. The molecule has 6 heteroatoms. The van der Waals surface area contributed by atoms with Crippen molar-refractivity contribution < 1.29 is 17.6 Å². The van der Waals surface area contributed by atoms with E-state index in [9.17, 15) is 13.2 Å². The first-order valence-electron chi connectivity index (χ1n) is 3.26. The number of nitriles is 1. The highest BCUT2D eigenvalue weighted by Crippen LogP contribution is 2.32. The van der Waals surface area contributed by atoms with E-state index >= 15 is 0 Å². The molecular weight excluding hydrogens is 185 g/mol. The predicted molar refractivity (Wildman–Crippen MR) is 36.4 cm³/mol. The first kappa shape index (κ1) is 9.61. The summed E-state index contributed by atoms with van der Waals surface area (Å²) < 4.78 is 40.6. The molecule has 70 valence electrons. The highest BCUT2D eigenvalue weighted by Gasteiger charge is 2.39. The molecule has 0 bridgehead atoms. The lowest BCUT2D eigenvalue weighted by molar-refractivity contribution is -0.149. The summed E-state index contributed by atoms with van der Waals surface area (Å²) in [5.41, 5.74) is 4.52. The third-order valence-corrected chi connectivity index (χ3v) is 1.48. The van der Waals surface area contributed by atoms with E-state index in [1.807, 2.05) is 0 Å². The highest BCUT2D eigenvalue weighted by molar-refractivity contribution is 5.31. The monoisotopic (exact) mass is 190 g/mol. The summed E-state index contributed by atoms with van der Waals surface area (Å²) in [6.07, 6.45) is -3.56. The van der Waals surface area contributed by atoms with Crippen LogP contribution in [0.25, 0.3) is 0 Å². The van der Waals surface area contributed by atoms with Gasteiger partial charge in [-0.15, -0.1) is 0 Å². The molecule has 13 heavy (non-hydrogen) atoms. The first-order chi connectivity index (χ1) is 5.96. The van der Waals surface area contributed by atoms with Gasteiger partial charge in [-0.05, 0) is 6.07 Å². The summed E-state index contributed by atoms with van der Waals surface area (Å²) >= 11 is 0. The Balaban J connectivity index is 3.03. The maximum atomic E-state index is 12.1. The molecule has 1 unspecified atom stereocenters. The molecule has 1 atom stereocenters. The van der Waals surface area contributed by atoms with Gasteiger partial charge in [0, 0.05) is 5.56 Å². The van der Waals surface area contributed by atoms with Crippen LogP contribution in [0.2, 0.25) is 0 Å². The van der Waals surface area contributed by atoms with Crippen LogP contribution in [0, 0.1) is 11.3 Å². The van der Waals surface area contributed by atoms with Gasteiger partial charge in [-0.1, -0.05) is 0 Å². The molecule has 0 amide bonds. The largest absolute Gasteiger partial charge is 0.454 e. The third-order valence-electron chi connectivity index (χ3n) is 1.48. The summed E-state index contributed by atoms with van der Waals surface area (Å²) in [4.78, 5) is 0. The summed E-state index contributed by atoms with van der Waals surface area (Å²) in [6.45, 7) is 0. The lowest BCUT2D eigenvalue weighted by Crippen LogP contribution is -2.28. The fourth-order valence-electron chi connectivity index (χ4n) is 0.831. The van der Waals surface area contributed by atoms with Gasteiger partial charge in [0.25, 0.3) is 0 Å². The SMILES string of the molecule is N#Cc1occc1C(N)C(F)(F)F. The number of alkyl halides is 3. The molecule has 1 heterocycles. The second-order valence-corrected chi connectivity index (χ2v) is 2.34. The van der Waals surface area contributed by atoms with Crippen LogP contribution in [-0.4, -0.2) is 6.18 Å². The first-order valence-corrected chi connectivity index (χ1v) is 3.26. The van der Waals surface area contributed by atoms with E-state index in [0.29, 0.717) is 0 Å². The maximum Gasteiger partial charge on any atom is 0.407 e. The van der Waals surface area contributed by atoms with E-state index in [0.717, 1.165) is 12.3 Å². The molecule has 1 rings (SSSR count). The van der Waals surface area contributed by atoms with Crippen LogP contribution in [-0.2, 0) is 0 Å². The molecule has 0 spiro atoms. The van der Waals surface area contributed by atoms with Crippen molar-refractivity contribution in [1.82, 2.24) is 0 Å². The lowest BCUT2D eigenvalue weighted by atomic mass is 10.1. The van der Waals surface area contributed by atoms with Crippen LogP contribution in [0.4, 0.5) is 13.2 Å².